The third kappa shape index (κ3) is 5.71. The summed E-state index contributed by atoms with van der Waals surface area (Å²) in [4.78, 5) is 13.2. The first-order chi connectivity index (χ1) is 20.5. The maximum Gasteiger partial charge on any atom is 0.306 e. The molecule has 1 aromatic heterocycles. The van der Waals surface area contributed by atoms with Gasteiger partial charge in [0.1, 0.15) is 23.4 Å². The molecule has 4 aromatic rings. The summed E-state index contributed by atoms with van der Waals surface area (Å²) in [5, 5.41) is 22.8. The number of fused-ring (bicyclic) bond motifs is 2. The van der Waals surface area contributed by atoms with E-state index in [2.05, 4.69) is 15.4 Å². The number of hydrogen-bond acceptors (Lipinski definition) is 8. The Bertz CT molecular complexity index is 1690. The van der Waals surface area contributed by atoms with Crippen molar-refractivity contribution >= 4 is 5.97 Å². The molecule has 43 heavy (non-hydrogen) atoms. The topological polar surface area (TPSA) is 109 Å². The number of methoxy groups -OCH3 is 1. The number of nitrogens with zero attached hydrogens (tertiary/aromatic N) is 4. The molecule has 0 amide bonds. The molecule has 224 valence electrons. The Morgan fingerprint density at radius 1 is 1.16 bits per heavy atom. The minimum Gasteiger partial charge on any atom is -0.492 e. The minimum absolute atomic E-state index is 0.0583. The maximum atomic E-state index is 15.4. The summed E-state index contributed by atoms with van der Waals surface area (Å²) in [5.74, 6) is 1.15. The molecular weight excluding hydrogens is 551 g/mol. The fourth-order valence-electron chi connectivity index (χ4n) is 6.26. The van der Waals surface area contributed by atoms with E-state index in [0.717, 1.165) is 38.9 Å². The van der Waals surface area contributed by atoms with Crippen LogP contribution in [-0.2, 0) is 22.5 Å². The number of aryl methyl sites for hydroxylation is 2. The van der Waals surface area contributed by atoms with Crippen molar-refractivity contribution in [2.24, 2.45) is 0 Å². The van der Waals surface area contributed by atoms with Crippen molar-refractivity contribution in [1.82, 2.24) is 20.2 Å². The summed E-state index contributed by atoms with van der Waals surface area (Å²) >= 11 is 0. The first kappa shape index (κ1) is 28.8. The van der Waals surface area contributed by atoms with Crippen LogP contribution in [0.1, 0.15) is 66.5 Å². The van der Waals surface area contributed by atoms with Gasteiger partial charge in [-0.3, -0.25) is 4.79 Å². The molecule has 10 heteroatoms. The average Bonchev–Trinajstić information content (AvgIpc) is 3.68. The van der Waals surface area contributed by atoms with Crippen LogP contribution in [0, 0.1) is 19.7 Å². The van der Waals surface area contributed by atoms with Crippen LogP contribution in [-0.4, -0.2) is 50.6 Å². The molecule has 1 aliphatic heterocycles. The lowest BCUT2D eigenvalue weighted by molar-refractivity contribution is -0.141. The van der Waals surface area contributed by atoms with Gasteiger partial charge >= 0.3 is 5.97 Å². The molecule has 2 atom stereocenters. The zero-order valence-corrected chi connectivity index (χ0v) is 25.0. The van der Waals surface area contributed by atoms with Crippen LogP contribution >= 0.6 is 0 Å². The summed E-state index contributed by atoms with van der Waals surface area (Å²) in [6, 6.07) is 13.0. The lowest BCUT2D eigenvalue weighted by Gasteiger charge is -2.19. The molecule has 2 heterocycles. The van der Waals surface area contributed by atoms with Crippen LogP contribution in [0.5, 0.6) is 11.5 Å². The number of hydrogen-bond donors (Lipinski definition) is 1. The Balaban J connectivity index is 1.26. The third-order valence-electron chi connectivity index (χ3n) is 8.11. The highest BCUT2D eigenvalue weighted by Crippen LogP contribution is 2.45. The van der Waals surface area contributed by atoms with E-state index in [9.17, 15) is 9.90 Å². The number of ether oxygens (including phenoxy) is 3. The van der Waals surface area contributed by atoms with Crippen molar-refractivity contribution < 1.29 is 28.5 Å². The molecule has 1 unspecified atom stereocenters. The van der Waals surface area contributed by atoms with Crippen LogP contribution in [0.15, 0.2) is 42.5 Å². The SMILES string of the molecule is COC(=O)CC1COc2cc(O[C@@H]3CCc4c(-c5c(C)cc(-c6nnn(CC(C)(C)O)n6)cc5C)ccc(F)c43)ccc21. The zero-order chi connectivity index (χ0) is 30.5. The molecule has 0 spiro atoms. The Labute approximate surface area is 249 Å². The van der Waals surface area contributed by atoms with Crippen molar-refractivity contribution in [3.8, 4) is 34.0 Å². The number of aliphatic hydroxyl groups is 1. The first-order valence-electron chi connectivity index (χ1n) is 14.4. The monoisotopic (exact) mass is 586 g/mol. The van der Waals surface area contributed by atoms with Gasteiger partial charge in [-0.15, -0.1) is 10.2 Å². The van der Waals surface area contributed by atoms with Gasteiger partial charge in [0.15, 0.2) is 0 Å². The zero-order valence-electron chi connectivity index (χ0n) is 25.0. The van der Waals surface area contributed by atoms with E-state index in [1.165, 1.54) is 18.0 Å². The van der Waals surface area contributed by atoms with Crippen LogP contribution in [0.25, 0.3) is 22.5 Å². The summed E-state index contributed by atoms with van der Waals surface area (Å²) in [5.41, 5.74) is 6.43. The van der Waals surface area contributed by atoms with Gasteiger partial charge in [-0.25, -0.2) is 4.39 Å². The van der Waals surface area contributed by atoms with Crippen molar-refractivity contribution in [3.63, 3.8) is 0 Å². The van der Waals surface area contributed by atoms with Crippen LogP contribution in [0.3, 0.4) is 0 Å². The largest absolute Gasteiger partial charge is 0.492 e. The Morgan fingerprint density at radius 3 is 2.65 bits per heavy atom. The van der Waals surface area contributed by atoms with Crippen molar-refractivity contribution in [2.75, 3.05) is 13.7 Å². The summed E-state index contributed by atoms with van der Waals surface area (Å²) in [6.45, 7) is 8.09. The van der Waals surface area contributed by atoms with Crippen LogP contribution in [0.2, 0.25) is 0 Å². The smallest absolute Gasteiger partial charge is 0.306 e. The highest BCUT2D eigenvalue weighted by molar-refractivity contribution is 5.78. The van der Waals surface area contributed by atoms with E-state index in [4.69, 9.17) is 14.2 Å². The maximum absolute atomic E-state index is 15.4. The highest BCUT2D eigenvalue weighted by atomic mass is 19.1. The van der Waals surface area contributed by atoms with Gasteiger partial charge in [0.25, 0.3) is 0 Å². The standard InChI is InChI=1S/C33H35FN4O5/c1-18-12-20(32-35-37-38(36-32)17-33(3,4)40)13-19(2)30(18)24-8-10-26(34)31-25(24)9-11-27(31)43-22-6-7-23-21(14-29(39)41-5)16-42-28(23)15-22/h6-8,10,12-13,15,21,27,40H,9,11,14,16-17H2,1-5H3/t21?,27-/m1/s1. The molecule has 1 N–H and O–H groups in total. The van der Waals surface area contributed by atoms with Gasteiger partial charge in [0.05, 0.1) is 32.3 Å². The van der Waals surface area contributed by atoms with Crippen LogP contribution in [0.4, 0.5) is 4.39 Å². The molecule has 1 aliphatic carbocycles. The molecule has 3 aromatic carbocycles. The molecule has 0 fully saturated rings. The molecule has 0 radical (unpaired) electrons. The van der Waals surface area contributed by atoms with Crippen molar-refractivity contribution in [3.05, 3.63) is 76.1 Å². The number of carbonyl (C=O) groups is 1. The third-order valence-corrected chi connectivity index (χ3v) is 8.11. The first-order valence-corrected chi connectivity index (χ1v) is 14.4. The summed E-state index contributed by atoms with van der Waals surface area (Å²) in [7, 11) is 1.38. The lowest BCUT2D eigenvalue weighted by Crippen LogP contribution is -2.27. The second kappa shape index (κ2) is 11.1. The predicted octanol–water partition coefficient (Wildman–Crippen LogP) is 5.64. The number of benzene rings is 3. The number of carbonyl (C=O) groups excluding carboxylic acids is 1. The summed E-state index contributed by atoms with van der Waals surface area (Å²) < 4.78 is 32.4. The molecule has 2 aliphatic rings. The number of tetrazole rings is 1. The fraction of sp³-hybridized carbons (Fsp3) is 0.394. The van der Waals surface area contributed by atoms with Gasteiger partial charge in [-0.2, -0.15) is 4.80 Å². The molecule has 9 nitrogen and oxygen atoms in total. The van der Waals surface area contributed by atoms with Gasteiger partial charge in [0, 0.05) is 28.7 Å². The van der Waals surface area contributed by atoms with E-state index < -0.39 is 11.7 Å². The van der Waals surface area contributed by atoms with E-state index in [1.807, 2.05) is 50.2 Å². The normalized spacial score (nSPS) is 17.4. The van der Waals surface area contributed by atoms with Crippen LogP contribution < -0.4 is 9.47 Å². The Morgan fingerprint density at radius 2 is 1.93 bits per heavy atom. The van der Waals surface area contributed by atoms with E-state index in [-0.39, 0.29) is 30.7 Å². The fourth-order valence-corrected chi connectivity index (χ4v) is 6.26. The minimum atomic E-state index is -0.957. The number of esters is 1. The summed E-state index contributed by atoms with van der Waals surface area (Å²) in [6.07, 6.45) is 1.15. The number of aromatic nitrogens is 4. The number of rotatable bonds is 8. The predicted molar refractivity (Wildman–Crippen MR) is 157 cm³/mol. The Hall–Kier alpha value is -4.31. The molecular formula is C33H35FN4O5. The Kier molecular flexibility index (Phi) is 7.41. The van der Waals surface area contributed by atoms with Crippen molar-refractivity contribution in [2.45, 2.75) is 71.1 Å². The quantitative estimate of drug-likeness (QED) is 0.264. The van der Waals surface area contributed by atoms with Gasteiger partial charge in [0.2, 0.25) is 5.82 Å². The van der Waals surface area contributed by atoms with Gasteiger partial charge < -0.3 is 19.3 Å². The molecule has 0 saturated carbocycles. The second-order valence-electron chi connectivity index (χ2n) is 12.1. The molecule has 0 bridgehead atoms. The van der Waals surface area contributed by atoms with E-state index in [1.54, 1.807) is 13.8 Å². The molecule has 6 rings (SSSR count). The molecule has 0 saturated heterocycles. The van der Waals surface area contributed by atoms with E-state index >= 15 is 4.39 Å². The van der Waals surface area contributed by atoms with E-state index in [0.29, 0.717) is 42.3 Å². The van der Waals surface area contributed by atoms with Gasteiger partial charge in [-0.05, 0) is 97.8 Å². The lowest BCUT2D eigenvalue weighted by atomic mass is 9.89. The van der Waals surface area contributed by atoms with Gasteiger partial charge in [-0.1, -0.05) is 12.1 Å². The van der Waals surface area contributed by atoms with Crippen molar-refractivity contribution in [1.29, 1.82) is 0 Å². The average molecular weight is 587 g/mol. The second-order valence-corrected chi connectivity index (χ2v) is 12.1. The highest BCUT2D eigenvalue weighted by Gasteiger charge is 2.32. The number of halogens is 1.